The Balaban J connectivity index is 2.37. The summed E-state index contributed by atoms with van der Waals surface area (Å²) >= 11 is 0. The maximum atomic E-state index is 2.55. The maximum absolute atomic E-state index is 2.55. The third kappa shape index (κ3) is 4.44. The first-order valence-corrected chi connectivity index (χ1v) is 10.2. The lowest BCUT2D eigenvalue weighted by molar-refractivity contribution is 0.308. The molecule has 0 N–H and O–H groups in total. The van der Waals surface area contributed by atoms with E-state index in [-0.39, 0.29) is 10.8 Å². The van der Waals surface area contributed by atoms with Gasteiger partial charge in [-0.1, -0.05) is 73.4 Å². The highest BCUT2D eigenvalue weighted by Gasteiger charge is 2.28. The van der Waals surface area contributed by atoms with Gasteiger partial charge >= 0.3 is 0 Å². The van der Waals surface area contributed by atoms with Crippen LogP contribution in [0.25, 0.3) is 0 Å². The van der Waals surface area contributed by atoms with E-state index >= 15 is 0 Å². The second-order valence-electron chi connectivity index (χ2n) is 10.2. The fourth-order valence-corrected chi connectivity index (χ4v) is 4.72. The molecule has 0 atom stereocenters. The summed E-state index contributed by atoms with van der Waals surface area (Å²) in [6.45, 7) is 18.9. The SMILES string of the molecule is CCCC1CCC(c2cc(C(C)(C)C)c(C)c(C(C)(C)C)c2)CC1. The van der Waals surface area contributed by atoms with Gasteiger partial charge in [-0.15, -0.1) is 0 Å². The molecule has 1 saturated carbocycles. The molecule has 1 aromatic carbocycles. The van der Waals surface area contributed by atoms with Gasteiger partial charge in [-0.05, 0) is 77.5 Å². The summed E-state index contributed by atoms with van der Waals surface area (Å²) in [6, 6.07) is 5.10. The summed E-state index contributed by atoms with van der Waals surface area (Å²) in [5.74, 6) is 1.77. The lowest BCUT2D eigenvalue weighted by Gasteiger charge is -2.33. The van der Waals surface area contributed by atoms with Gasteiger partial charge in [0.25, 0.3) is 0 Å². The molecule has 0 aliphatic heterocycles. The Morgan fingerprint density at radius 2 is 1.29 bits per heavy atom. The molecule has 136 valence electrons. The average Bonchev–Trinajstić information content (AvgIpc) is 2.46. The largest absolute Gasteiger partial charge is 0.0654 e. The molecule has 0 bridgehead atoms. The van der Waals surface area contributed by atoms with E-state index in [1.54, 1.807) is 16.7 Å². The quantitative estimate of drug-likeness (QED) is 0.534. The Morgan fingerprint density at radius 3 is 1.67 bits per heavy atom. The molecule has 1 aliphatic rings. The van der Waals surface area contributed by atoms with Crippen molar-refractivity contribution >= 4 is 0 Å². The normalized spacial score (nSPS) is 22.7. The minimum atomic E-state index is 0.222. The Morgan fingerprint density at radius 1 is 0.833 bits per heavy atom. The van der Waals surface area contributed by atoms with Crippen LogP contribution in [0.4, 0.5) is 0 Å². The summed E-state index contributed by atoms with van der Waals surface area (Å²) in [5, 5.41) is 0. The zero-order valence-electron chi connectivity index (χ0n) is 17.6. The van der Waals surface area contributed by atoms with E-state index < -0.39 is 0 Å². The molecule has 2 rings (SSSR count). The van der Waals surface area contributed by atoms with Crippen molar-refractivity contribution in [1.29, 1.82) is 0 Å². The average molecular weight is 329 g/mol. The van der Waals surface area contributed by atoms with E-state index in [1.165, 1.54) is 44.1 Å². The Kier molecular flexibility index (Phi) is 5.88. The topological polar surface area (TPSA) is 0 Å². The predicted octanol–water partition coefficient (Wildman–Crippen LogP) is 7.66. The summed E-state index contributed by atoms with van der Waals surface area (Å²) in [4.78, 5) is 0. The summed E-state index contributed by atoms with van der Waals surface area (Å²) in [6.07, 6.45) is 8.43. The first kappa shape index (κ1) is 19.5. The van der Waals surface area contributed by atoms with E-state index in [0.717, 1.165) is 11.8 Å². The van der Waals surface area contributed by atoms with Gasteiger partial charge in [0.05, 0.1) is 0 Å². The Bertz CT molecular complexity index is 507. The van der Waals surface area contributed by atoms with Gasteiger partial charge in [-0.2, -0.15) is 0 Å². The number of rotatable bonds is 3. The summed E-state index contributed by atoms with van der Waals surface area (Å²) in [7, 11) is 0. The van der Waals surface area contributed by atoms with E-state index in [2.05, 4.69) is 67.5 Å². The molecule has 0 nitrogen and oxygen atoms in total. The van der Waals surface area contributed by atoms with Crippen molar-refractivity contribution in [2.24, 2.45) is 5.92 Å². The van der Waals surface area contributed by atoms with Gasteiger partial charge in [0, 0.05) is 0 Å². The van der Waals surface area contributed by atoms with Crippen molar-refractivity contribution in [3.05, 3.63) is 34.4 Å². The highest BCUT2D eigenvalue weighted by Crippen LogP contribution is 2.41. The van der Waals surface area contributed by atoms with Crippen molar-refractivity contribution < 1.29 is 0 Å². The van der Waals surface area contributed by atoms with Gasteiger partial charge in [-0.3, -0.25) is 0 Å². The van der Waals surface area contributed by atoms with Gasteiger partial charge in [0.1, 0.15) is 0 Å². The van der Waals surface area contributed by atoms with Crippen LogP contribution in [0.1, 0.15) is 115 Å². The minimum Gasteiger partial charge on any atom is -0.0654 e. The number of hydrogen-bond donors (Lipinski definition) is 0. The van der Waals surface area contributed by atoms with Crippen LogP contribution in [0.15, 0.2) is 12.1 Å². The molecule has 0 radical (unpaired) electrons. The van der Waals surface area contributed by atoms with E-state index in [4.69, 9.17) is 0 Å². The minimum absolute atomic E-state index is 0.222. The van der Waals surface area contributed by atoms with E-state index in [1.807, 2.05) is 0 Å². The first-order chi connectivity index (χ1) is 11.0. The second-order valence-corrected chi connectivity index (χ2v) is 10.2. The molecular weight excluding hydrogens is 288 g/mol. The van der Waals surface area contributed by atoms with Gasteiger partial charge < -0.3 is 0 Å². The zero-order chi connectivity index (χ0) is 18.1. The van der Waals surface area contributed by atoms with Crippen LogP contribution in [-0.4, -0.2) is 0 Å². The second kappa shape index (κ2) is 7.22. The van der Waals surface area contributed by atoms with Crippen molar-refractivity contribution in [3.63, 3.8) is 0 Å². The highest BCUT2D eigenvalue weighted by molar-refractivity contribution is 5.46. The zero-order valence-corrected chi connectivity index (χ0v) is 17.6. The molecule has 0 saturated heterocycles. The fourth-order valence-electron chi connectivity index (χ4n) is 4.72. The molecule has 0 heterocycles. The standard InChI is InChI=1S/C24H40/c1-9-10-18-11-13-19(14-12-18)20-15-21(23(3,4)5)17(2)22(16-20)24(6,7)8/h15-16,18-19H,9-14H2,1-8H3. The molecular formula is C24H40. The van der Waals surface area contributed by atoms with Crippen molar-refractivity contribution in [2.45, 2.75) is 111 Å². The fraction of sp³-hybridized carbons (Fsp3) is 0.750. The van der Waals surface area contributed by atoms with Crippen LogP contribution in [0.3, 0.4) is 0 Å². The predicted molar refractivity (Wildman–Crippen MR) is 108 cm³/mol. The third-order valence-corrected chi connectivity index (χ3v) is 6.06. The van der Waals surface area contributed by atoms with Crippen LogP contribution in [0.5, 0.6) is 0 Å². The third-order valence-electron chi connectivity index (χ3n) is 6.06. The molecule has 1 aliphatic carbocycles. The van der Waals surface area contributed by atoms with E-state index in [0.29, 0.717) is 0 Å². The maximum Gasteiger partial charge on any atom is -0.0129 e. The van der Waals surface area contributed by atoms with Crippen LogP contribution in [0.2, 0.25) is 0 Å². The van der Waals surface area contributed by atoms with Crippen molar-refractivity contribution in [1.82, 2.24) is 0 Å². The van der Waals surface area contributed by atoms with Crippen LogP contribution >= 0.6 is 0 Å². The molecule has 0 unspecified atom stereocenters. The smallest absolute Gasteiger partial charge is 0.0129 e. The van der Waals surface area contributed by atoms with Crippen molar-refractivity contribution in [3.8, 4) is 0 Å². The molecule has 0 amide bonds. The lowest BCUT2D eigenvalue weighted by Crippen LogP contribution is -2.21. The molecule has 24 heavy (non-hydrogen) atoms. The van der Waals surface area contributed by atoms with Gasteiger partial charge in [-0.25, -0.2) is 0 Å². The lowest BCUT2D eigenvalue weighted by atomic mass is 9.71. The molecule has 0 heteroatoms. The highest BCUT2D eigenvalue weighted by atomic mass is 14.3. The molecule has 1 aromatic rings. The summed E-state index contributed by atoms with van der Waals surface area (Å²) in [5.41, 5.74) is 6.68. The molecule has 1 fully saturated rings. The van der Waals surface area contributed by atoms with E-state index in [9.17, 15) is 0 Å². The Hall–Kier alpha value is -0.780. The van der Waals surface area contributed by atoms with Gasteiger partial charge in [0.15, 0.2) is 0 Å². The monoisotopic (exact) mass is 328 g/mol. The number of hydrogen-bond acceptors (Lipinski definition) is 0. The molecule has 0 spiro atoms. The molecule has 0 aromatic heterocycles. The number of benzene rings is 1. The van der Waals surface area contributed by atoms with Crippen LogP contribution in [-0.2, 0) is 10.8 Å². The van der Waals surface area contributed by atoms with Gasteiger partial charge in [0.2, 0.25) is 0 Å². The summed E-state index contributed by atoms with van der Waals surface area (Å²) < 4.78 is 0. The van der Waals surface area contributed by atoms with Crippen LogP contribution < -0.4 is 0 Å². The van der Waals surface area contributed by atoms with Crippen molar-refractivity contribution in [2.75, 3.05) is 0 Å². The van der Waals surface area contributed by atoms with Crippen LogP contribution in [0, 0.1) is 12.8 Å². The Labute approximate surface area is 151 Å². The first-order valence-electron chi connectivity index (χ1n) is 10.2.